The average Bonchev–Trinajstić information content (AvgIpc) is 3.76. The molecule has 0 aliphatic heterocycles. The van der Waals surface area contributed by atoms with Gasteiger partial charge in [-0.25, -0.2) is 9.97 Å². The summed E-state index contributed by atoms with van der Waals surface area (Å²) >= 11 is 1.76. The van der Waals surface area contributed by atoms with E-state index >= 15 is 0 Å². The maximum absolute atomic E-state index is 6.31. The summed E-state index contributed by atoms with van der Waals surface area (Å²) in [6.45, 7) is 0. The smallest absolute Gasteiger partial charge is 0.162 e. The summed E-state index contributed by atoms with van der Waals surface area (Å²) in [5, 5.41) is 5.70. The summed E-state index contributed by atoms with van der Waals surface area (Å²) in [6.07, 6.45) is 0. The highest BCUT2D eigenvalue weighted by Gasteiger charge is 2.21. The number of hydrogen-bond donors (Lipinski definition) is 0. The minimum absolute atomic E-state index is 0.710. The second-order valence-electron chi connectivity index (χ2n) is 11.4. The van der Waals surface area contributed by atoms with Crippen LogP contribution in [0.1, 0.15) is 0 Å². The predicted octanol–water partition coefficient (Wildman–Crippen LogP) is 11.2. The summed E-state index contributed by atoms with van der Waals surface area (Å²) < 4.78 is 11.0. The Kier molecular flexibility index (Phi) is 5.12. The number of para-hydroxylation sites is 3. The molecule has 4 nitrogen and oxygen atoms in total. The van der Waals surface area contributed by atoms with Gasteiger partial charge in [0.25, 0.3) is 0 Å². The van der Waals surface area contributed by atoms with Crippen molar-refractivity contribution in [1.29, 1.82) is 0 Å². The molecule has 0 N–H and O–H groups in total. The van der Waals surface area contributed by atoms with Crippen molar-refractivity contribution >= 4 is 75.4 Å². The number of hydrogen-bond acceptors (Lipinski definition) is 4. The molecule has 4 heterocycles. The van der Waals surface area contributed by atoms with Crippen LogP contribution in [0.3, 0.4) is 0 Å². The van der Waals surface area contributed by atoms with Crippen LogP contribution in [0.15, 0.2) is 144 Å². The second kappa shape index (κ2) is 9.36. The van der Waals surface area contributed by atoms with Gasteiger partial charge in [0.05, 0.1) is 32.6 Å². The van der Waals surface area contributed by atoms with Crippen molar-refractivity contribution in [3.8, 4) is 28.3 Å². The highest BCUT2D eigenvalue weighted by Crippen LogP contribution is 2.42. The Bertz CT molecular complexity index is 2770. The zero-order valence-corrected chi connectivity index (χ0v) is 24.8. The zero-order chi connectivity index (χ0) is 29.5. The monoisotopic (exact) mass is 593 g/mol. The molecule has 0 spiro atoms. The lowest BCUT2D eigenvalue weighted by atomic mass is 10.1. The molecular formula is C40H23N3OS. The van der Waals surface area contributed by atoms with Gasteiger partial charge in [-0.15, -0.1) is 11.3 Å². The van der Waals surface area contributed by atoms with Crippen LogP contribution in [0.2, 0.25) is 0 Å². The maximum Gasteiger partial charge on any atom is 0.162 e. The molecule has 0 fully saturated rings. The Morgan fingerprint density at radius 1 is 0.533 bits per heavy atom. The molecule has 210 valence electrons. The van der Waals surface area contributed by atoms with Crippen molar-refractivity contribution < 1.29 is 4.42 Å². The van der Waals surface area contributed by atoms with Crippen LogP contribution < -0.4 is 0 Å². The Hall–Kier alpha value is -5.78. The Morgan fingerprint density at radius 2 is 1.27 bits per heavy atom. The van der Waals surface area contributed by atoms with E-state index in [0.717, 1.165) is 76.5 Å². The van der Waals surface area contributed by atoms with Crippen molar-refractivity contribution in [2.75, 3.05) is 0 Å². The lowest BCUT2D eigenvalue weighted by Gasteiger charge is -2.14. The molecule has 10 rings (SSSR count). The van der Waals surface area contributed by atoms with E-state index in [1.807, 2.05) is 18.2 Å². The van der Waals surface area contributed by atoms with Gasteiger partial charge in [-0.05, 0) is 42.5 Å². The van der Waals surface area contributed by atoms with E-state index in [2.05, 4.69) is 126 Å². The van der Waals surface area contributed by atoms with Crippen molar-refractivity contribution in [3.05, 3.63) is 140 Å². The molecule has 0 bridgehead atoms. The number of thiophene rings is 1. The molecule has 6 aromatic carbocycles. The van der Waals surface area contributed by atoms with Crippen LogP contribution in [0.4, 0.5) is 0 Å². The molecule has 0 atom stereocenters. The van der Waals surface area contributed by atoms with Crippen LogP contribution in [-0.4, -0.2) is 14.5 Å². The number of benzene rings is 6. The first-order valence-electron chi connectivity index (χ1n) is 15.0. The molecule has 45 heavy (non-hydrogen) atoms. The van der Waals surface area contributed by atoms with Gasteiger partial charge in [0.15, 0.2) is 5.82 Å². The number of fused-ring (bicyclic) bond motifs is 9. The Balaban J connectivity index is 1.31. The summed E-state index contributed by atoms with van der Waals surface area (Å²) in [5.74, 6) is 0.710. The summed E-state index contributed by atoms with van der Waals surface area (Å²) in [7, 11) is 0. The minimum atomic E-state index is 0.710. The fourth-order valence-electron chi connectivity index (χ4n) is 6.81. The van der Waals surface area contributed by atoms with E-state index in [4.69, 9.17) is 14.4 Å². The van der Waals surface area contributed by atoms with Crippen molar-refractivity contribution in [3.63, 3.8) is 0 Å². The van der Waals surface area contributed by atoms with Gasteiger partial charge in [-0.3, -0.25) is 0 Å². The molecule has 5 heteroatoms. The predicted molar refractivity (Wildman–Crippen MR) is 187 cm³/mol. The molecule has 0 radical (unpaired) electrons. The van der Waals surface area contributed by atoms with Gasteiger partial charge in [0, 0.05) is 42.8 Å². The first-order chi connectivity index (χ1) is 22.3. The maximum atomic E-state index is 6.31. The van der Waals surface area contributed by atoms with Gasteiger partial charge in [0.2, 0.25) is 0 Å². The first kappa shape index (κ1) is 24.6. The van der Waals surface area contributed by atoms with Gasteiger partial charge >= 0.3 is 0 Å². The third-order valence-corrected chi connectivity index (χ3v) is 9.99. The van der Waals surface area contributed by atoms with Crippen molar-refractivity contribution in [1.82, 2.24) is 14.5 Å². The second-order valence-corrected chi connectivity index (χ2v) is 12.4. The Labute approximate surface area is 261 Å². The Morgan fingerprint density at radius 3 is 2.18 bits per heavy atom. The summed E-state index contributed by atoms with van der Waals surface area (Å²) in [6, 6.07) is 48.8. The van der Waals surface area contributed by atoms with Crippen LogP contribution in [0.5, 0.6) is 0 Å². The topological polar surface area (TPSA) is 43.9 Å². The van der Waals surface area contributed by atoms with E-state index in [-0.39, 0.29) is 0 Å². The largest absolute Gasteiger partial charge is 0.456 e. The SMILES string of the molecule is c1ccc(-c2nc(-c3ccccc3-n3c4ccccc4c4cc5oc6ccccc6c5cc43)nc3c2sc2ccccc23)cc1. The molecule has 0 aliphatic carbocycles. The molecule has 0 saturated carbocycles. The van der Waals surface area contributed by atoms with E-state index in [0.29, 0.717) is 5.82 Å². The van der Waals surface area contributed by atoms with Crippen LogP contribution in [0, 0.1) is 0 Å². The van der Waals surface area contributed by atoms with Crippen LogP contribution >= 0.6 is 11.3 Å². The minimum Gasteiger partial charge on any atom is -0.456 e. The van der Waals surface area contributed by atoms with Gasteiger partial charge in [0.1, 0.15) is 11.2 Å². The quantitative estimate of drug-likeness (QED) is 0.205. The van der Waals surface area contributed by atoms with E-state index < -0.39 is 0 Å². The summed E-state index contributed by atoms with van der Waals surface area (Å²) in [4.78, 5) is 10.6. The van der Waals surface area contributed by atoms with Crippen molar-refractivity contribution in [2.45, 2.75) is 0 Å². The molecule has 10 aromatic rings. The van der Waals surface area contributed by atoms with E-state index in [1.54, 1.807) is 11.3 Å². The molecule has 0 amide bonds. The molecule has 0 aliphatic rings. The van der Waals surface area contributed by atoms with Gasteiger partial charge in [-0.1, -0.05) is 97.1 Å². The standard InChI is InChI=1S/C40H23N3OS/c1-2-12-24(13-3-1)37-39-38(28-17-7-11-21-36(28)45-39)42-40(41-37)27-16-5-9-19-32(27)43-31-18-8-4-14-25(31)29-23-35-30(22-33(29)43)26-15-6-10-20-34(26)44-35/h1-23H. The average molecular weight is 594 g/mol. The van der Waals surface area contributed by atoms with Gasteiger partial charge in [-0.2, -0.15) is 0 Å². The highest BCUT2D eigenvalue weighted by atomic mass is 32.1. The fraction of sp³-hybridized carbons (Fsp3) is 0. The lowest BCUT2D eigenvalue weighted by molar-refractivity contribution is 0.669. The normalized spacial score (nSPS) is 12.0. The van der Waals surface area contributed by atoms with Gasteiger partial charge < -0.3 is 8.98 Å². The van der Waals surface area contributed by atoms with E-state index in [9.17, 15) is 0 Å². The van der Waals surface area contributed by atoms with Crippen LogP contribution in [0.25, 0.3) is 92.4 Å². The molecule has 4 aromatic heterocycles. The fourth-order valence-corrected chi connectivity index (χ4v) is 7.96. The molecular weight excluding hydrogens is 571 g/mol. The third-order valence-electron chi connectivity index (χ3n) is 8.82. The number of rotatable bonds is 3. The highest BCUT2D eigenvalue weighted by molar-refractivity contribution is 7.26. The first-order valence-corrected chi connectivity index (χ1v) is 15.8. The van der Waals surface area contributed by atoms with E-state index in [1.165, 1.54) is 10.1 Å². The number of aromatic nitrogens is 3. The number of nitrogens with zero attached hydrogens (tertiary/aromatic N) is 3. The van der Waals surface area contributed by atoms with Crippen molar-refractivity contribution in [2.24, 2.45) is 0 Å². The number of furan rings is 1. The lowest BCUT2D eigenvalue weighted by Crippen LogP contribution is -2.00. The zero-order valence-electron chi connectivity index (χ0n) is 23.9. The third kappa shape index (κ3) is 3.59. The molecule has 0 unspecified atom stereocenters. The molecule has 0 saturated heterocycles. The summed E-state index contributed by atoms with van der Waals surface area (Å²) in [5.41, 5.74) is 9.08. The van der Waals surface area contributed by atoms with Crippen LogP contribution in [-0.2, 0) is 0 Å².